The Bertz CT molecular complexity index is 438. The maximum Gasteiger partial charge on any atom is 0.254 e. The van der Waals surface area contributed by atoms with E-state index in [0.29, 0.717) is 5.92 Å². The van der Waals surface area contributed by atoms with E-state index in [2.05, 4.69) is 6.07 Å². The summed E-state index contributed by atoms with van der Waals surface area (Å²) < 4.78 is 5.37. The Morgan fingerprint density at radius 1 is 1.22 bits per heavy atom. The lowest BCUT2D eigenvalue weighted by Crippen LogP contribution is -2.41. The summed E-state index contributed by atoms with van der Waals surface area (Å²) in [7, 11) is 0. The second-order valence-corrected chi connectivity index (χ2v) is 5.21. The van der Waals surface area contributed by atoms with Crippen molar-refractivity contribution in [2.24, 2.45) is 5.92 Å². The highest BCUT2D eigenvalue weighted by molar-refractivity contribution is 5.96. The SMILES string of the molecule is O=C1c2ccccc2CCN1CC1CCOCC1. The Kier molecular flexibility index (Phi) is 3.33. The molecule has 0 spiro atoms. The molecule has 18 heavy (non-hydrogen) atoms. The number of nitrogens with zero attached hydrogens (tertiary/aromatic N) is 1. The van der Waals surface area contributed by atoms with Crippen molar-refractivity contribution in [2.45, 2.75) is 19.3 Å². The molecule has 1 aromatic carbocycles. The largest absolute Gasteiger partial charge is 0.381 e. The van der Waals surface area contributed by atoms with Crippen molar-refractivity contribution in [1.82, 2.24) is 4.90 Å². The third-order valence-electron chi connectivity index (χ3n) is 4.01. The standard InChI is InChI=1S/C15H19NO2/c17-15-14-4-2-1-3-13(14)5-8-16(15)11-12-6-9-18-10-7-12/h1-4,12H,5-11H2. The molecule has 3 heteroatoms. The molecule has 0 radical (unpaired) electrons. The maximum absolute atomic E-state index is 12.4. The predicted molar refractivity (Wildman–Crippen MR) is 69.6 cm³/mol. The zero-order valence-corrected chi connectivity index (χ0v) is 10.6. The summed E-state index contributed by atoms with van der Waals surface area (Å²) in [5.74, 6) is 0.830. The number of hydrogen-bond acceptors (Lipinski definition) is 2. The normalized spacial score (nSPS) is 20.9. The monoisotopic (exact) mass is 245 g/mol. The van der Waals surface area contributed by atoms with E-state index in [9.17, 15) is 4.79 Å². The summed E-state index contributed by atoms with van der Waals surface area (Å²) in [5, 5.41) is 0. The molecule has 0 aromatic heterocycles. The maximum atomic E-state index is 12.4. The molecule has 2 aliphatic heterocycles. The van der Waals surface area contributed by atoms with Crippen molar-refractivity contribution in [3.05, 3.63) is 35.4 Å². The molecule has 0 N–H and O–H groups in total. The number of fused-ring (bicyclic) bond motifs is 1. The smallest absolute Gasteiger partial charge is 0.254 e. The highest BCUT2D eigenvalue weighted by Gasteiger charge is 2.26. The van der Waals surface area contributed by atoms with E-state index in [-0.39, 0.29) is 5.91 Å². The first-order chi connectivity index (χ1) is 8.84. The van der Waals surface area contributed by atoms with E-state index in [1.165, 1.54) is 5.56 Å². The third kappa shape index (κ3) is 2.27. The number of amides is 1. The highest BCUT2D eigenvalue weighted by Crippen LogP contribution is 2.22. The molecule has 0 unspecified atom stereocenters. The van der Waals surface area contributed by atoms with Crippen molar-refractivity contribution in [2.75, 3.05) is 26.3 Å². The van der Waals surface area contributed by atoms with Gasteiger partial charge in [-0.05, 0) is 36.8 Å². The molecule has 1 amide bonds. The fourth-order valence-electron chi connectivity index (χ4n) is 2.89. The summed E-state index contributed by atoms with van der Waals surface area (Å²) >= 11 is 0. The van der Waals surface area contributed by atoms with E-state index < -0.39 is 0 Å². The van der Waals surface area contributed by atoms with Crippen molar-refractivity contribution in [3.8, 4) is 0 Å². The van der Waals surface area contributed by atoms with E-state index in [1.54, 1.807) is 0 Å². The average molecular weight is 245 g/mol. The molecule has 0 bridgehead atoms. The first-order valence-corrected chi connectivity index (χ1v) is 6.79. The molecule has 2 aliphatic rings. The van der Waals surface area contributed by atoms with E-state index in [0.717, 1.165) is 51.1 Å². The molecule has 3 rings (SSSR count). The van der Waals surface area contributed by atoms with Crippen LogP contribution in [-0.2, 0) is 11.2 Å². The number of benzene rings is 1. The van der Waals surface area contributed by atoms with Gasteiger partial charge in [-0.2, -0.15) is 0 Å². The fourth-order valence-corrected chi connectivity index (χ4v) is 2.89. The fraction of sp³-hybridized carbons (Fsp3) is 0.533. The molecular weight excluding hydrogens is 226 g/mol. The summed E-state index contributed by atoms with van der Waals surface area (Å²) in [5.41, 5.74) is 2.10. The molecule has 96 valence electrons. The Morgan fingerprint density at radius 2 is 2.00 bits per heavy atom. The minimum Gasteiger partial charge on any atom is -0.381 e. The van der Waals surface area contributed by atoms with Crippen LogP contribution in [0.5, 0.6) is 0 Å². The molecule has 3 nitrogen and oxygen atoms in total. The molecule has 0 atom stereocenters. The number of rotatable bonds is 2. The van der Waals surface area contributed by atoms with Crippen LogP contribution in [0.4, 0.5) is 0 Å². The van der Waals surface area contributed by atoms with E-state index in [1.807, 2.05) is 23.1 Å². The van der Waals surface area contributed by atoms with Gasteiger partial charge < -0.3 is 9.64 Å². The van der Waals surface area contributed by atoms with Crippen LogP contribution in [0, 0.1) is 5.92 Å². The van der Waals surface area contributed by atoms with Gasteiger partial charge in [0.25, 0.3) is 5.91 Å². The lowest BCUT2D eigenvalue weighted by atomic mass is 9.95. The topological polar surface area (TPSA) is 29.5 Å². The van der Waals surface area contributed by atoms with Gasteiger partial charge in [0, 0.05) is 31.9 Å². The van der Waals surface area contributed by atoms with Crippen LogP contribution in [0.2, 0.25) is 0 Å². The minimum absolute atomic E-state index is 0.211. The van der Waals surface area contributed by atoms with Crippen molar-refractivity contribution >= 4 is 5.91 Å². The van der Waals surface area contributed by atoms with E-state index >= 15 is 0 Å². The molecule has 1 fully saturated rings. The third-order valence-corrected chi connectivity index (χ3v) is 4.01. The van der Waals surface area contributed by atoms with Gasteiger partial charge in [0.2, 0.25) is 0 Å². The van der Waals surface area contributed by atoms with Gasteiger partial charge in [-0.3, -0.25) is 4.79 Å². The predicted octanol–water partition coefficient (Wildman–Crippen LogP) is 2.11. The van der Waals surface area contributed by atoms with Gasteiger partial charge >= 0.3 is 0 Å². The first kappa shape index (κ1) is 11.7. The zero-order valence-electron chi connectivity index (χ0n) is 10.6. The Morgan fingerprint density at radius 3 is 2.83 bits per heavy atom. The molecule has 1 aromatic rings. The molecule has 1 saturated heterocycles. The summed E-state index contributed by atoms with van der Waals surface area (Å²) in [6, 6.07) is 7.99. The number of carbonyl (C=O) groups excluding carboxylic acids is 1. The van der Waals surface area contributed by atoms with Crippen LogP contribution >= 0.6 is 0 Å². The van der Waals surface area contributed by atoms with Gasteiger partial charge in [-0.15, -0.1) is 0 Å². The summed E-state index contributed by atoms with van der Waals surface area (Å²) in [6.45, 7) is 3.47. The zero-order chi connectivity index (χ0) is 12.4. The van der Waals surface area contributed by atoms with Gasteiger partial charge in [0.15, 0.2) is 0 Å². The second kappa shape index (κ2) is 5.11. The van der Waals surface area contributed by atoms with Crippen LogP contribution in [0.1, 0.15) is 28.8 Å². The Labute approximate surface area is 108 Å². The molecular formula is C15H19NO2. The lowest BCUT2D eigenvalue weighted by molar-refractivity contribution is 0.0449. The van der Waals surface area contributed by atoms with Crippen molar-refractivity contribution in [1.29, 1.82) is 0 Å². The van der Waals surface area contributed by atoms with Gasteiger partial charge in [0.1, 0.15) is 0 Å². The van der Waals surface area contributed by atoms with Gasteiger partial charge in [0.05, 0.1) is 0 Å². The minimum atomic E-state index is 0.211. The van der Waals surface area contributed by atoms with Gasteiger partial charge in [-0.1, -0.05) is 18.2 Å². The van der Waals surface area contributed by atoms with Crippen molar-refractivity contribution in [3.63, 3.8) is 0 Å². The molecule has 0 saturated carbocycles. The Hall–Kier alpha value is -1.35. The average Bonchev–Trinajstić information content (AvgIpc) is 2.43. The summed E-state index contributed by atoms with van der Waals surface area (Å²) in [6.07, 6.45) is 3.17. The lowest BCUT2D eigenvalue weighted by Gasteiger charge is -2.33. The molecule has 0 aliphatic carbocycles. The molecule has 2 heterocycles. The van der Waals surface area contributed by atoms with Crippen LogP contribution in [0.25, 0.3) is 0 Å². The first-order valence-electron chi connectivity index (χ1n) is 6.79. The summed E-state index contributed by atoms with van der Waals surface area (Å²) in [4.78, 5) is 14.4. The van der Waals surface area contributed by atoms with Gasteiger partial charge in [-0.25, -0.2) is 0 Å². The van der Waals surface area contributed by atoms with E-state index in [4.69, 9.17) is 4.74 Å². The Balaban J connectivity index is 1.70. The number of hydrogen-bond donors (Lipinski definition) is 0. The highest BCUT2D eigenvalue weighted by atomic mass is 16.5. The van der Waals surface area contributed by atoms with Crippen LogP contribution in [0.15, 0.2) is 24.3 Å². The number of carbonyl (C=O) groups is 1. The quantitative estimate of drug-likeness (QED) is 0.798. The number of ether oxygens (including phenoxy) is 1. The van der Waals surface area contributed by atoms with Crippen LogP contribution < -0.4 is 0 Å². The second-order valence-electron chi connectivity index (χ2n) is 5.21. The van der Waals surface area contributed by atoms with Crippen LogP contribution in [-0.4, -0.2) is 37.1 Å². The van der Waals surface area contributed by atoms with Crippen LogP contribution in [0.3, 0.4) is 0 Å². The van der Waals surface area contributed by atoms with Crippen molar-refractivity contribution < 1.29 is 9.53 Å².